The van der Waals surface area contributed by atoms with Crippen molar-refractivity contribution in [2.45, 2.75) is 0 Å². The third kappa shape index (κ3) is 1.75. The van der Waals surface area contributed by atoms with Gasteiger partial charge in [0.2, 0.25) is 0 Å². The van der Waals surface area contributed by atoms with E-state index in [1.54, 1.807) is 0 Å². The first-order valence-electron chi connectivity index (χ1n) is 5.21. The number of urea groups is 1. The van der Waals surface area contributed by atoms with Crippen molar-refractivity contribution in [1.29, 1.82) is 0 Å². The van der Waals surface area contributed by atoms with Gasteiger partial charge in [-0.25, -0.2) is 29.5 Å². The number of rotatable bonds is 1. The highest BCUT2D eigenvalue weighted by atomic mass is 16.4. The summed E-state index contributed by atoms with van der Waals surface area (Å²) in [5, 5.41) is 11.3. The van der Waals surface area contributed by atoms with Gasteiger partial charge in [-0.05, 0) is 0 Å². The van der Waals surface area contributed by atoms with Crippen LogP contribution in [0.1, 0.15) is 0 Å². The molecule has 2 N–H and O–H groups in total. The zero-order valence-electron chi connectivity index (χ0n) is 9.56. The quantitative estimate of drug-likeness (QED) is 0.587. The number of aliphatic imine (C=N–C) groups is 2. The lowest BCUT2D eigenvalue weighted by Gasteiger charge is -2.10. The van der Waals surface area contributed by atoms with Gasteiger partial charge in [0.25, 0.3) is 5.91 Å². The van der Waals surface area contributed by atoms with Crippen molar-refractivity contribution in [3.8, 4) is 0 Å². The van der Waals surface area contributed by atoms with E-state index in [-0.39, 0.29) is 11.3 Å². The maximum atomic E-state index is 11.8. The van der Waals surface area contributed by atoms with E-state index in [0.29, 0.717) is 5.36 Å². The molecule has 10 nitrogen and oxygen atoms in total. The van der Waals surface area contributed by atoms with Gasteiger partial charge in [-0.2, -0.15) is 4.99 Å². The van der Waals surface area contributed by atoms with Crippen LogP contribution < -0.4 is 16.2 Å². The van der Waals surface area contributed by atoms with Crippen molar-refractivity contribution in [2.24, 2.45) is 15.0 Å². The molecule has 2 aliphatic heterocycles. The molecule has 1 aromatic rings. The highest BCUT2D eigenvalue weighted by Gasteiger charge is 2.31. The van der Waals surface area contributed by atoms with E-state index in [9.17, 15) is 14.4 Å². The number of nitrogens with one attached hydrogen (secondary N) is 1. The predicted molar refractivity (Wildman–Crippen MR) is 63.0 cm³/mol. The van der Waals surface area contributed by atoms with Crippen molar-refractivity contribution < 1.29 is 19.5 Å². The Morgan fingerprint density at radius 2 is 2.10 bits per heavy atom. The number of hydrogen-bond acceptors (Lipinski definition) is 7. The van der Waals surface area contributed by atoms with Gasteiger partial charge >= 0.3 is 12.0 Å². The first kappa shape index (κ1) is 11.8. The SMILES string of the molecule is O=C1N=C(C(=O)O)C(=c2ncc3c(n2)N=CN=3)C(=O)N1. The maximum absolute atomic E-state index is 11.8. The van der Waals surface area contributed by atoms with E-state index in [1.807, 2.05) is 5.32 Å². The normalized spacial score (nSPS) is 19.1. The van der Waals surface area contributed by atoms with Gasteiger partial charge in [-0.1, -0.05) is 0 Å². The van der Waals surface area contributed by atoms with Crippen LogP contribution in [0.4, 0.5) is 10.6 Å². The highest BCUT2D eigenvalue weighted by molar-refractivity contribution is 6.64. The van der Waals surface area contributed by atoms with E-state index in [0.717, 1.165) is 0 Å². The lowest BCUT2D eigenvalue weighted by Crippen LogP contribution is -2.43. The van der Waals surface area contributed by atoms with E-state index in [4.69, 9.17) is 5.11 Å². The summed E-state index contributed by atoms with van der Waals surface area (Å²) in [6.07, 6.45) is 2.55. The third-order valence-corrected chi connectivity index (χ3v) is 2.45. The largest absolute Gasteiger partial charge is 0.476 e. The first-order chi connectivity index (χ1) is 9.56. The number of carboxylic acids is 1. The molecule has 10 heteroatoms. The van der Waals surface area contributed by atoms with E-state index < -0.39 is 29.2 Å². The molecule has 0 radical (unpaired) electrons. The number of fused-ring (bicyclic) bond motifs is 1. The Hall–Kier alpha value is -3.30. The average Bonchev–Trinajstić information content (AvgIpc) is 2.84. The fraction of sp³-hybridized carbons (Fsp3) is 0. The summed E-state index contributed by atoms with van der Waals surface area (Å²) in [6.45, 7) is 0. The number of carbonyl (C=O) groups excluding carboxylic acids is 2. The zero-order valence-corrected chi connectivity index (χ0v) is 9.56. The molecule has 0 unspecified atom stereocenters. The Balaban J connectivity index is 2.33. The first-order valence-corrected chi connectivity index (χ1v) is 5.21. The Kier molecular flexibility index (Phi) is 2.42. The summed E-state index contributed by atoms with van der Waals surface area (Å²) >= 11 is 0. The molecule has 3 amide bonds. The molecule has 0 atom stereocenters. The smallest absolute Gasteiger partial charge is 0.355 e. The van der Waals surface area contributed by atoms with Crippen molar-refractivity contribution >= 4 is 41.3 Å². The van der Waals surface area contributed by atoms with Gasteiger partial charge < -0.3 is 5.11 Å². The Bertz CT molecular complexity index is 853. The summed E-state index contributed by atoms with van der Waals surface area (Å²) in [7, 11) is 0. The van der Waals surface area contributed by atoms with Gasteiger partial charge in [-0.15, -0.1) is 0 Å². The molecule has 3 rings (SSSR count). The summed E-state index contributed by atoms with van der Waals surface area (Å²) in [5.74, 6) is -2.25. The van der Waals surface area contributed by atoms with Gasteiger partial charge in [0.05, 0.1) is 6.20 Å². The average molecular weight is 272 g/mol. The minimum atomic E-state index is -1.53. The standard InChI is InChI=1S/C10H4N6O4/c17-8-4(5(9(18)19)14-10(20)16-8)7-11-1-3-6(15-7)13-2-12-3/h1-2H,(H,18,19)(H,16,17,20). The van der Waals surface area contributed by atoms with Gasteiger partial charge in [0.15, 0.2) is 17.0 Å². The molecule has 98 valence electrons. The molecule has 3 heterocycles. The molecule has 0 bridgehead atoms. The maximum Gasteiger partial charge on any atom is 0.355 e. The fourth-order valence-corrected chi connectivity index (χ4v) is 1.63. The molecule has 0 saturated carbocycles. The second kappa shape index (κ2) is 4.12. The highest BCUT2D eigenvalue weighted by Crippen LogP contribution is 2.06. The lowest BCUT2D eigenvalue weighted by molar-refractivity contribution is -0.129. The third-order valence-electron chi connectivity index (χ3n) is 2.45. The Labute approximate surface area is 109 Å². The second-order valence-electron chi connectivity index (χ2n) is 3.68. The van der Waals surface area contributed by atoms with Gasteiger partial charge in [0.1, 0.15) is 17.3 Å². The Morgan fingerprint density at radius 3 is 2.85 bits per heavy atom. The molecule has 2 aliphatic rings. The number of amides is 3. The number of carboxylic acid groups (broad SMARTS) is 1. The predicted octanol–water partition coefficient (Wildman–Crippen LogP) is -2.30. The van der Waals surface area contributed by atoms with Crippen molar-refractivity contribution in [3.63, 3.8) is 0 Å². The molecule has 20 heavy (non-hydrogen) atoms. The van der Waals surface area contributed by atoms with Gasteiger partial charge in [-0.3, -0.25) is 10.1 Å². The fourth-order valence-electron chi connectivity index (χ4n) is 1.63. The number of aliphatic carboxylic acids is 1. The monoisotopic (exact) mass is 272 g/mol. The number of aromatic nitrogens is 2. The summed E-state index contributed by atoms with van der Waals surface area (Å²) in [5.41, 5.74) is -1.30. The van der Waals surface area contributed by atoms with Crippen LogP contribution in [0.15, 0.2) is 21.2 Å². The second-order valence-corrected chi connectivity index (χ2v) is 3.68. The number of hydrogen-bond donors (Lipinski definition) is 2. The van der Waals surface area contributed by atoms with Crippen LogP contribution in [-0.4, -0.2) is 45.0 Å². The summed E-state index contributed by atoms with van der Waals surface area (Å²) in [4.78, 5) is 52.6. The Morgan fingerprint density at radius 1 is 1.30 bits per heavy atom. The van der Waals surface area contributed by atoms with E-state index in [1.165, 1.54) is 12.5 Å². The molecule has 0 spiro atoms. The molecule has 0 aromatic carbocycles. The molecule has 0 saturated heterocycles. The van der Waals surface area contributed by atoms with Crippen LogP contribution in [0.5, 0.6) is 0 Å². The topological polar surface area (TPSA) is 146 Å². The minimum absolute atomic E-state index is 0.191. The number of carbonyl (C=O) groups is 3. The van der Waals surface area contributed by atoms with E-state index >= 15 is 0 Å². The summed E-state index contributed by atoms with van der Waals surface area (Å²) in [6, 6.07) is -1.05. The van der Waals surface area contributed by atoms with Gasteiger partial charge in [0, 0.05) is 0 Å². The van der Waals surface area contributed by atoms with Crippen molar-refractivity contribution in [1.82, 2.24) is 15.3 Å². The molecule has 0 aliphatic carbocycles. The van der Waals surface area contributed by atoms with Crippen LogP contribution in [0.3, 0.4) is 0 Å². The lowest BCUT2D eigenvalue weighted by atomic mass is 10.1. The minimum Gasteiger partial charge on any atom is -0.476 e. The number of nitrogens with zero attached hydrogens (tertiary/aromatic N) is 5. The van der Waals surface area contributed by atoms with Crippen molar-refractivity contribution in [3.05, 3.63) is 17.0 Å². The van der Waals surface area contributed by atoms with Crippen molar-refractivity contribution in [2.75, 3.05) is 0 Å². The van der Waals surface area contributed by atoms with Crippen LogP contribution in [-0.2, 0) is 9.59 Å². The molecule has 0 fully saturated rings. The van der Waals surface area contributed by atoms with Crippen LogP contribution >= 0.6 is 0 Å². The molecular formula is C10H4N6O4. The van der Waals surface area contributed by atoms with Crippen LogP contribution in [0, 0.1) is 0 Å². The zero-order chi connectivity index (χ0) is 14.3. The number of imide groups is 1. The summed E-state index contributed by atoms with van der Waals surface area (Å²) < 4.78 is 0. The molecule has 1 aromatic heterocycles. The van der Waals surface area contributed by atoms with Crippen LogP contribution in [0.25, 0.3) is 5.57 Å². The molecular weight excluding hydrogens is 268 g/mol. The van der Waals surface area contributed by atoms with E-state index in [2.05, 4.69) is 24.9 Å². The van der Waals surface area contributed by atoms with Crippen LogP contribution in [0.2, 0.25) is 0 Å².